The van der Waals surface area contributed by atoms with Crippen LogP contribution in [0.5, 0.6) is 0 Å². The van der Waals surface area contributed by atoms with Crippen LogP contribution in [-0.4, -0.2) is 22.9 Å². The Labute approximate surface area is 87.6 Å². The molecule has 4 nitrogen and oxygen atoms in total. The molecule has 0 bridgehead atoms. The Bertz CT molecular complexity index is 284. The summed E-state index contributed by atoms with van der Waals surface area (Å²) in [6.07, 6.45) is 4.47. The molecule has 0 saturated carbocycles. The molecule has 0 N–H and O–H groups in total. The molecule has 1 saturated heterocycles. The molecule has 1 unspecified atom stereocenters. The number of rotatable bonds is 3. The Kier molecular flexibility index (Phi) is 3.37. The third-order valence-electron chi connectivity index (χ3n) is 2.31. The van der Waals surface area contributed by atoms with Crippen LogP contribution in [0.3, 0.4) is 0 Å². The number of hydrogen-bond donors (Lipinski definition) is 0. The van der Waals surface area contributed by atoms with Crippen molar-refractivity contribution in [3.8, 4) is 0 Å². The summed E-state index contributed by atoms with van der Waals surface area (Å²) in [4.78, 5) is 4.13. The molecule has 0 radical (unpaired) electrons. The van der Waals surface area contributed by atoms with E-state index in [0.717, 1.165) is 25.9 Å². The van der Waals surface area contributed by atoms with Gasteiger partial charge in [0.2, 0.25) is 5.89 Å². The van der Waals surface area contributed by atoms with E-state index in [1.165, 1.54) is 6.42 Å². The second-order valence-electron chi connectivity index (χ2n) is 3.43. The van der Waals surface area contributed by atoms with Gasteiger partial charge in [-0.15, -0.1) is 11.6 Å². The molecule has 1 aromatic heterocycles. The SMILES string of the molecule is ClCc1nc(CC2CCCCO2)no1. The average molecular weight is 217 g/mol. The molecule has 1 aliphatic rings. The highest BCUT2D eigenvalue weighted by molar-refractivity contribution is 6.16. The predicted molar refractivity (Wildman–Crippen MR) is 51.2 cm³/mol. The smallest absolute Gasteiger partial charge is 0.241 e. The van der Waals surface area contributed by atoms with Crippen LogP contribution < -0.4 is 0 Å². The van der Waals surface area contributed by atoms with Gasteiger partial charge in [0.15, 0.2) is 5.82 Å². The zero-order valence-electron chi connectivity index (χ0n) is 7.91. The molecular weight excluding hydrogens is 204 g/mol. The fourth-order valence-corrected chi connectivity index (χ4v) is 1.71. The second-order valence-corrected chi connectivity index (χ2v) is 3.70. The van der Waals surface area contributed by atoms with E-state index in [0.29, 0.717) is 11.7 Å². The summed E-state index contributed by atoms with van der Waals surface area (Å²) < 4.78 is 10.5. The molecule has 0 aliphatic carbocycles. The lowest BCUT2D eigenvalue weighted by atomic mass is 10.1. The summed E-state index contributed by atoms with van der Waals surface area (Å²) in [6.45, 7) is 0.852. The highest BCUT2D eigenvalue weighted by Crippen LogP contribution is 2.16. The molecular formula is C9H13ClN2O2. The summed E-state index contributed by atoms with van der Waals surface area (Å²) >= 11 is 5.56. The van der Waals surface area contributed by atoms with Gasteiger partial charge in [-0.05, 0) is 19.3 Å². The average Bonchev–Trinajstić information content (AvgIpc) is 2.67. The van der Waals surface area contributed by atoms with E-state index in [1.807, 2.05) is 0 Å². The Morgan fingerprint density at radius 1 is 1.43 bits per heavy atom. The Hall–Kier alpha value is -0.610. The first kappa shape index (κ1) is 9.93. The molecule has 1 aromatic rings. The second kappa shape index (κ2) is 4.75. The van der Waals surface area contributed by atoms with E-state index in [2.05, 4.69) is 10.1 Å². The topological polar surface area (TPSA) is 48.2 Å². The molecule has 1 aliphatic heterocycles. The van der Waals surface area contributed by atoms with Gasteiger partial charge < -0.3 is 9.26 Å². The lowest BCUT2D eigenvalue weighted by Crippen LogP contribution is -2.21. The number of alkyl halides is 1. The molecule has 0 aromatic carbocycles. The summed E-state index contributed by atoms with van der Waals surface area (Å²) in [5.74, 6) is 1.46. The number of halogens is 1. The Morgan fingerprint density at radius 2 is 2.36 bits per heavy atom. The number of ether oxygens (including phenoxy) is 1. The molecule has 1 fully saturated rings. The normalized spacial score (nSPS) is 22.5. The van der Waals surface area contributed by atoms with Crippen molar-refractivity contribution in [2.45, 2.75) is 37.7 Å². The van der Waals surface area contributed by atoms with Gasteiger partial charge >= 0.3 is 0 Å². The van der Waals surface area contributed by atoms with Crippen LogP contribution in [-0.2, 0) is 17.0 Å². The molecule has 2 heterocycles. The lowest BCUT2D eigenvalue weighted by Gasteiger charge is -2.20. The molecule has 1 atom stereocenters. The number of aromatic nitrogens is 2. The number of nitrogens with zero attached hydrogens (tertiary/aromatic N) is 2. The van der Waals surface area contributed by atoms with Crippen LogP contribution in [0.2, 0.25) is 0 Å². The van der Waals surface area contributed by atoms with E-state index >= 15 is 0 Å². The minimum Gasteiger partial charge on any atom is -0.378 e. The van der Waals surface area contributed by atoms with Crippen LogP contribution in [0.4, 0.5) is 0 Å². The minimum absolute atomic E-state index is 0.254. The van der Waals surface area contributed by atoms with E-state index in [4.69, 9.17) is 20.9 Å². The fraction of sp³-hybridized carbons (Fsp3) is 0.778. The van der Waals surface area contributed by atoms with Crippen molar-refractivity contribution in [1.82, 2.24) is 10.1 Å². The van der Waals surface area contributed by atoms with Crippen LogP contribution in [0.25, 0.3) is 0 Å². The molecule has 0 amide bonds. The predicted octanol–water partition coefficient (Wildman–Crippen LogP) is 1.92. The molecule has 5 heteroatoms. The van der Waals surface area contributed by atoms with Crippen LogP contribution in [0.15, 0.2) is 4.52 Å². The van der Waals surface area contributed by atoms with E-state index in [9.17, 15) is 0 Å². The summed E-state index contributed by atoms with van der Waals surface area (Å²) in [7, 11) is 0. The highest BCUT2D eigenvalue weighted by Gasteiger charge is 2.17. The Balaban J connectivity index is 1.89. The summed E-state index contributed by atoms with van der Waals surface area (Å²) in [5.41, 5.74) is 0. The van der Waals surface area contributed by atoms with E-state index < -0.39 is 0 Å². The van der Waals surface area contributed by atoms with E-state index in [1.54, 1.807) is 0 Å². The molecule has 14 heavy (non-hydrogen) atoms. The van der Waals surface area contributed by atoms with Gasteiger partial charge in [0.25, 0.3) is 0 Å². The first-order chi connectivity index (χ1) is 6.88. The van der Waals surface area contributed by atoms with Gasteiger partial charge in [-0.1, -0.05) is 5.16 Å². The first-order valence-electron chi connectivity index (χ1n) is 4.87. The third-order valence-corrected chi connectivity index (χ3v) is 2.54. The zero-order chi connectivity index (χ0) is 9.80. The van der Waals surface area contributed by atoms with Gasteiger partial charge in [-0.3, -0.25) is 0 Å². The van der Waals surface area contributed by atoms with Gasteiger partial charge in [-0.2, -0.15) is 4.98 Å². The maximum atomic E-state index is 5.57. The van der Waals surface area contributed by atoms with Crippen molar-refractivity contribution in [1.29, 1.82) is 0 Å². The molecule has 78 valence electrons. The van der Waals surface area contributed by atoms with Crippen LogP contribution in [0.1, 0.15) is 31.0 Å². The van der Waals surface area contributed by atoms with E-state index in [-0.39, 0.29) is 12.0 Å². The van der Waals surface area contributed by atoms with Crippen molar-refractivity contribution in [3.63, 3.8) is 0 Å². The first-order valence-corrected chi connectivity index (χ1v) is 5.41. The quantitative estimate of drug-likeness (QED) is 0.725. The van der Waals surface area contributed by atoms with Crippen LogP contribution >= 0.6 is 11.6 Å². The van der Waals surface area contributed by atoms with Gasteiger partial charge in [0, 0.05) is 13.0 Å². The highest BCUT2D eigenvalue weighted by atomic mass is 35.5. The lowest BCUT2D eigenvalue weighted by molar-refractivity contribution is 0.0153. The van der Waals surface area contributed by atoms with Gasteiger partial charge in [-0.25, -0.2) is 0 Å². The number of hydrogen-bond acceptors (Lipinski definition) is 4. The fourth-order valence-electron chi connectivity index (χ4n) is 1.60. The standard InChI is InChI=1S/C9H13ClN2O2/c10-6-9-11-8(12-14-9)5-7-3-1-2-4-13-7/h7H,1-6H2. The van der Waals surface area contributed by atoms with Crippen molar-refractivity contribution >= 4 is 11.6 Å². The van der Waals surface area contributed by atoms with Crippen molar-refractivity contribution < 1.29 is 9.26 Å². The van der Waals surface area contributed by atoms with Crippen LogP contribution in [0, 0.1) is 0 Å². The minimum atomic E-state index is 0.254. The van der Waals surface area contributed by atoms with Crippen molar-refractivity contribution in [2.75, 3.05) is 6.61 Å². The monoisotopic (exact) mass is 216 g/mol. The molecule has 0 spiro atoms. The largest absolute Gasteiger partial charge is 0.378 e. The Morgan fingerprint density at radius 3 is 3.00 bits per heavy atom. The molecule has 2 rings (SSSR count). The summed E-state index contributed by atoms with van der Waals surface area (Å²) in [6, 6.07) is 0. The maximum absolute atomic E-state index is 5.57. The van der Waals surface area contributed by atoms with Crippen molar-refractivity contribution in [2.24, 2.45) is 0 Å². The third kappa shape index (κ3) is 2.45. The zero-order valence-corrected chi connectivity index (χ0v) is 8.66. The van der Waals surface area contributed by atoms with Gasteiger partial charge in [0.05, 0.1) is 6.10 Å². The van der Waals surface area contributed by atoms with Crippen molar-refractivity contribution in [3.05, 3.63) is 11.7 Å². The maximum Gasteiger partial charge on any atom is 0.241 e. The summed E-state index contributed by atoms with van der Waals surface area (Å²) in [5, 5.41) is 3.83. The van der Waals surface area contributed by atoms with Gasteiger partial charge in [0.1, 0.15) is 5.88 Å².